The fourth-order valence-electron chi connectivity index (χ4n) is 2.69. The Morgan fingerprint density at radius 3 is 3.22 bits per heavy atom. The quantitative estimate of drug-likeness (QED) is 0.865. The minimum atomic E-state index is 0.299. The highest BCUT2D eigenvalue weighted by molar-refractivity contribution is 5.45. The minimum Gasteiger partial charge on any atom is -0.396 e. The lowest BCUT2D eigenvalue weighted by Gasteiger charge is -2.28. The molecule has 2 aromatic heterocycles. The summed E-state index contributed by atoms with van der Waals surface area (Å²) in [5.41, 5.74) is 0.856. The summed E-state index contributed by atoms with van der Waals surface area (Å²) in [5, 5.41) is 16.8. The number of hydrogen-bond donors (Lipinski definition) is 2. The van der Waals surface area contributed by atoms with Crippen LogP contribution in [0.4, 0.5) is 5.82 Å². The molecule has 0 bridgehead atoms. The van der Waals surface area contributed by atoms with Crippen LogP contribution in [-0.4, -0.2) is 32.4 Å². The smallest absolute Gasteiger partial charge is 0.157 e. The van der Waals surface area contributed by atoms with Crippen molar-refractivity contribution in [3.8, 4) is 0 Å². The first-order chi connectivity index (χ1) is 8.85. The van der Waals surface area contributed by atoms with Gasteiger partial charge in [0.05, 0.1) is 6.20 Å². The summed E-state index contributed by atoms with van der Waals surface area (Å²) >= 11 is 0. The molecule has 18 heavy (non-hydrogen) atoms. The Bertz CT molecular complexity index is 524. The zero-order chi connectivity index (χ0) is 12.4. The van der Waals surface area contributed by atoms with E-state index in [9.17, 15) is 5.11 Å². The van der Waals surface area contributed by atoms with Crippen LogP contribution >= 0.6 is 0 Å². The van der Waals surface area contributed by atoms with Gasteiger partial charge in [0.2, 0.25) is 0 Å². The van der Waals surface area contributed by atoms with Crippen molar-refractivity contribution in [1.29, 1.82) is 0 Å². The van der Waals surface area contributed by atoms with E-state index >= 15 is 0 Å². The first-order valence-electron chi connectivity index (χ1n) is 6.53. The van der Waals surface area contributed by atoms with Gasteiger partial charge in [0, 0.05) is 24.9 Å². The van der Waals surface area contributed by atoms with Gasteiger partial charge in [-0.15, -0.1) is 0 Å². The fourth-order valence-corrected chi connectivity index (χ4v) is 2.69. The van der Waals surface area contributed by atoms with Gasteiger partial charge in [0.1, 0.15) is 5.82 Å². The van der Waals surface area contributed by atoms with E-state index in [2.05, 4.69) is 15.4 Å². The zero-order valence-electron chi connectivity index (χ0n) is 10.3. The highest BCUT2D eigenvalue weighted by Gasteiger charge is 2.21. The van der Waals surface area contributed by atoms with Gasteiger partial charge >= 0.3 is 0 Å². The van der Waals surface area contributed by atoms with Crippen LogP contribution in [0.25, 0.3) is 5.65 Å². The van der Waals surface area contributed by atoms with Crippen molar-refractivity contribution in [1.82, 2.24) is 14.6 Å². The van der Waals surface area contributed by atoms with E-state index in [4.69, 9.17) is 0 Å². The van der Waals surface area contributed by atoms with Crippen molar-refractivity contribution < 1.29 is 5.11 Å². The Balaban J connectivity index is 1.71. The van der Waals surface area contributed by atoms with Crippen LogP contribution in [0.1, 0.15) is 25.7 Å². The Labute approximate surface area is 106 Å². The van der Waals surface area contributed by atoms with Crippen LogP contribution in [-0.2, 0) is 0 Å². The molecule has 1 fully saturated rings. The van der Waals surface area contributed by atoms with E-state index in [0.29, 0.717) is 18.6 Å². The minimum absolute atomic E-state index is 0.299. The predicted octanol–water partition coefficient (Wildman–Crippen LogP) is 1.69. The number of aromatic nitrogens is 3. The second-order valence-corrected chi connectivity index (χ2v) is 5.00. The van der Waals surface area contributed by atoms with Crippen LogP contribution in [0.3, 0.4) is 0 Å². The normalized spacial score (nSPS) is 24.3. The summed E-state index contributed by atoms with van der Waals surface area (Å²) in [6.07, 6.45) is 8.17. The second kappa shape index (κ2) is 4.94. The van der Waals surface area contributed by atoms with E-state index in [-0.39, 0.29) is 0 Å². The number of aliphatic hydroxyl groups is 1. The van der Waals surface area contributed by atoms with Crippen molar-refractivity contribution in [3.05, 3.63) is 24.5 Å². The molecule has 2 atom stereocenters. The highest BCUT2D eigenvalue weighted by atomic mass is 16.3. The van der Waals surface area contributed by atoms with E-state index in [1.54, 1.807) is 10.7 Å². The lowest BCUT2D eigenvalue weighted by molar-refractivity contribution is 0.184. The first-order valence-corrected chi connectivity index (χ1v) is 6.53. The van der Waals surface area contributed by atoms with Crippen molar-refractivity contribution in [3.63, 3.8) is 0 Å². The molecule has 96 valence electrons. The van der Waals surface area contributed by atoms with E-state index < -0.39 is 0 Å². The summed E-state index contributed by atoms with van der Waals surface area (Å²) in [6.45, 7) is 0.299. The van der Waals surface area contributed by atoms with Crippen molar-refractivity contribution >= 4 is 11.5 Å². The molecular weight excluding hydrogens is 228 g/mol. The van der Waals surface area contributed by atoms with Gasteiger partial charge in [0.15, 0.2) is 5.65 Å². The number of nitrogens with one attached hydrogen (secondary N) is 1. The second-order valence-electron chi connectivity index (χ2n) is 5.00. The Morgan fingerprint density at radius 2 is 2.33 bits per heavy atom. The van der Waals surface area contributed by atoms with Crippen molar-refractivity contribution in [2.24, 2.45) is 5.92 Å². The zero-order valence-corrected chi connectivity index (χ0v) is 10.3. The monoisotopic (exact) mass is 246 g/mol. The SMILES string of the molecule is OCC1CCCC(Nc2ccn3nccc3n2)C1. The number of aliphatic hydroxyl groups excluding tert-OH is 1. The highest BCUT2D eigenvalue weighted by Crippen LogP contribution is 2.25. The Kier molecular flexibility index (Phi) is 3.15. The van der Waals surface area contributed by atoms with Crippen LogP contribution in [0, 0.1) is 5.92 Å². The molecule has 2 heterocycles. The molecule has 5 heteroatoms. The van der Waals surface area contributed by atoms with Gasteiger partial charge in [-0.1, -0.05) is 6.42 Å². The molecule has 0 aromatic carbocycles. The number of anilines is 1. The molecule has 0 radical (unpaired) electrons. The standard InChI is InChI=1S/C13H18N4O/c18-9-10-2-1-3-11(8-10)15-12-5-7-17-13(16-12)4-6-14-17/h4-7,10-11,18H,1-3,8-9H2,(H,15,16). The van der Waals surface area contributed by atoms with Crippen LogP contribution in [0.5, 0.6) is 0 Å². The van der Waals surface area contributed by atoms with E-state index in [0.717, 1.165) is 30.7 Å². The number of nitrogens with zero attached hydrogens (tertiary/aromatic N) is 3. The average molecular weight is 246 g/mol. The summed E-state index contributed by atoms with van der Waals surface area (Å²) in [5.74, 6) is 1.33. The largest absolute Gasteiger partial charge is 0.396 e. The predicted molar refractivity (Wildman–Crippen MR) is 69.4 cm³/mol. The number of rotatable bonds is 3. The molecule has 1 saturated carbocycles. The molecule has 0 amide bonds. The van der Waals surface area contributed by atoms with Crippen molar-refractivity contribution in [2.45, 2.75) is 31.7 Å². The molecule has 1 aliphatic rings. The summed E-state index contributed by atoms with van der Waals surface area (Å²) in [6, 6.07) is 4.26. The lowest BCUT2D eigenvalue weighted by atomic mass is 9.86. The number of hydrogen-bond acceptors (Lipinski definition) is 4. The van der Waals surface area contributed by atoms with Gasteiger partial charge in [-0.2, -0.15) is 5.10 Å². The number of fused-ring (bicyclic) bond motifs is 1. The third-order valence-electron chi connectivity index (χ3n) is 3.65. The molecule has 0 aliphatic heterocycles. The Hall–Kier alpha value is -1.62. The molecule has 3 rings (SSSR count). The topological polar surface area (TPSA) is 62.5 Å². The molecule has 2 aromatic rings. The average Bonchev–Trinajstić information content (AvgIpc) is 2.86. The van der Waals surface area contributed by atoms with Crippen LogP contribution < -0.4 is 5.32 Å². The van der Waals surface area contributed by atoms with E-state index in [1.807, 2.05) is 18.3 Å². The van der Waals surface area contributed by atoms with Gasteiger partial charge in [-0.25, -0.2) is 9.50 Å². The van der Waals surface area contributed by atoms with Crippen LogP contribution in [0.2, 0.25) is 0 Å². The summed E-state index contributed by atoms with van der Waals surface area (Å²) < 4.78 is 1.75. The van der Waals surface area contributed by atoms with Gasteiger partial charge < -0.3 is 10.4 Å². The third kappa shape index (κ3) is 2.31. The van der Waals surface area contributed by atoms with E-state index in [1.165, 1.54) is 6.42 Å². The fraction of sp³-hybridized carbons (Fsp3) is 0.538. The maximum Gasteiger partial charge on any atom is 0.157 e. The third-order valence-corrected chi connectivity index (χ3v) is 3.65. The molecule has 1 aliphatic carbocycles. The van der Waals surface area contributed by atoms with Gasteiger partial charge in [-0.3, -0.25) is 0 Å². The van der Waals surface area contributed by atoms with Crippen LogP contribution in [0.15, 0.2) is 24.5 Å². The van der Waals surface area contributed by atoms with Gasteiger partial charge in [-0.05, 0) is 31.2 Å². The molecule has 2 unspecified atom stereocenters. The van der Waals surface area contributed by atoms with Crippen molar-refractivity contribution in [2.75, 3.05) is 11.9 Å². The summed E-state index contributed by atoms with van der Waals surface area (Å²) in [7, 11) is 0. The lowest BCUT2D eigenvalue weighted by Crippen LogP contribution is -2.29. The molecule has 0 spiro atoms. The Morgan fingerprint density at radius 1 is 1.39 bits per heavy atom. The molecule has 2 N–H and O–H groups in total. The molecular formula is C13H18N4O. The molecule has 0 saturated heterocycles. The molecule has 5 nitrogen and oxygen atoms in total. The first kappa shape index (κ1) is 11.5. The maximum atomic E-state index is 9.23. The maximum absolute atomic E-state index is 9.23. The van der Waals surface area contributed by atoms with Gasteiger partial charge in [0.25, 0.3) is 0 Å². The summed E-state index contributed by atoms with van der Waals surface area (Å²) in [4.78, 5) is 4.51.